The lowest BCUT2D eigenvalue weighted by Gasteiger charge is -2.19. The summed E-state index contributed by atoms with van der Waals surface area (Å²) in [4.78, 5) is 4.31. The number of rotatable bonds is 1. The van der Waals surface area contributed by atoms with E-state index in [4.69, 9.17) is 17.3 Å². The third-order valence-electron chi connectivity index (χ3n) is 1.84. The lowest BCUT2D eigenvalue weighted by atomic mass is 9.91. The van der Waals surface area contributed by atoms with E-state index in [-0.39, 0.29) is 5.41 Å². The van der Waals surface area contributed by atoms with E-state index in [1.165, 1.54) is 0 Å². The zero-order valence-electron chi connectivity index (χ0n) is 8.26. The van der Waals surface area contributed by atoms with Crippen LogP contribution >= 0.6 is 11.6 Å². The summed E-state index contributed by atoms with van der Waals surface area (Å²) < 4.78 is 0. The molecule has 0 fully saturated rings. The zero-order chi connectivity index (χ0) is 10.1. The molecule has 0 aliphatic rings. The van der Waals surface area contributed by atoms with E-state index in [1.54, 1.807) is 6.20 Å². The van der Waals surface area contributed by atoms with Crippen LogP contribution in [-0.4, -0.2) is 4.98 Å². The molecular weight excluding hydrogens is 184 g/mol. The average molecular weight is 199 g/mol. The van der Waals surface area contributed by atoms with Crippen LogP contribution in [0.25, 0.3) is 0 Å². The second-order valence-corrected chi connectivity index (χ2v) is 4.54. The molecule has 1 aromatic rings. The molecule has 0 aliphatic heterocycles. The fraction of sp³-hybridized carbons (Fsp3) is 0.500. The van der Waals surface area contributed by atoms with Crippen molar-refractivity contribution in [2.45, 2.75) is 32.7 Å². The Morgan fingerprint density at radius 1 is 1.46 bits per heavy atom. The Morgan fingerprint density at radius 3 is 2.46 bits per heavy atom. The summed E-state index contributed by atoms with van der Waals surface area (Å²) in [6.45, 7) is 6.74. The molecular formula is C10H15ClN2. The van der Waals surface area contributed by atoms with Crippen molar-refractivity contribution in [3.05, 3.63) is 28.5 Å². The maximum absolute atomic E-state index is 6.07. The molecule has 72 valence electrons. The predicted octanol–water partition coefficient (Wildman–Crippen LogP) is 2.49. The minimum Gasteiger partial charge on any atom is -0.326 e. The molecule has 0 atom stereocenters. The number of pyridine rings is 1. The normalized spacial score (nSPS) is 11.8. The lowest BCUT2D eigenvalue weighted by molar-refractivity contribution is 0.568. The molecule has 0 amide bonds. The van der Waals surface area contributed by atoms with E-state index in [0.717, 1.165) is 11.3 Å². The molecule has 2 N–H and O–H groups in total. The summed E-state index contributed by atoms with van der Waals surface area (Å²) in [7, 11) is 0. The molecule has 0 aliphatic carbocycles. The first-order valence-electron chi connectivity index (χ1n) is 4.30. The Balaban J connectivity index is 3.13. The first kappa shape index (κ1) is 10.5. The van der Waals surface area contributed by atoms with Gasteiger partial charge < -0.3 is 5.73 Å². The molecule has 0 saturated heterocycles. The van der Waals surface area contributed by atoms with Gasteiger partial charge in [-0.15, -0.1) is 0 Å². The summed E-state index contributed by atoms with van der Waals surface area (Å²) in [5.74, 6) is 0. The summed E-state index contributed by atoms with van der Waals surface area (Å²) in [6.07, 6.45) is 1.78. The van der Waals surface area contributed by atoms with Gasteiger partial charge in [-0.05, 0) is 11.6 Å². The predicted molar refractivity (Wildman–Crippen MR) is 55.8 cm³/mol. The second kappa shape index (κ2) is 3.64. The Bertz CT molecular complexity index is 302. The first-order valence-corrected chi connectivity index (χ1v) is 4.68. The molecule has 0 unspecified atom stereocenters. The monoisotopic (exact) mass is 198 g/mol. The Kier molecular flexibility index (Phi) is 2.94. The van der Waals surface area contributed by atoms with Gasteiger partial charge in [0.15, 0.2) is 0 Å². The fourth-order valence-electron chi connectivity index (χ4n) is 1.14. The molecule has 0 saturated carbocycles. The first-order chi connectivity index (χ1) is 5.95. The van der Waals surface area contributed by atoms with Gasteiger partial charge in [0.1, 0.15) is 0 Å². The van der Waals surface area contributed by atoms with Crippen LogP contribution in [0.1, 0.15) is 32.0 Å². The van der Waals surface area contributed by atoms with Crippen LogP contribution in [0.15, 0.2) is 12.3 Å². The number of hydrogen-bond donors (Lipinski definition) is 1. The van der Waals surface area contributed by atoms with Crippen molar-refractivity contribution in [2.24, 2.45) is 5.73 Å². The van der Waals surface area contributed by atoms with Crippen LogP contribution in [0.5, 0.6) is 0 Å². The lowest BCUT2D eigenvalue weighted by Crippen LogP contribution is -2.14. The highest BCUT2D eigenvalue weighted by atomic mass is 35.5. The summed E-state index contributed by atoms with van der Waals surface area (Å²) in [6, 6.07) is 1.88. The summed E-state index contributed by atoms with van der Waals surface area (Å²) >= 11 is 6.07. The van der Waals surface area contributed by atoms with Gasteiger partial charge in [-0.25, -0.2) is 0 Å². The van der Waals surface area contributed by atoms with Crippen molar-refractivity contribution < 1.29 is 0 Å². The van der Waals surface area contributed by atoms with Crippen molar-refractivity contribution in [3.63, 3.8) is 0 Å². The van der Waals surface area contributed by atoms with Crippen molar-refractivity contribution in [1.29, 1.82) is 0 Å². The van der Waals surface area contributed by atoms with E-state index in [1.807, 2.05) is 6.07 Å². The van der Waals surface area contributed by atoms with Crippen LogP contribution in [0.3, 0.4) is 0 Å². The van der Waals surface area contributed by atoms with E-state index in [2.05, 4.69) is 25.8 Å². The van der Waals surface area contributed by atoms with Gasteiger partial charge in [0.25, 0.3) is 0 Å². The average Bonchev–Trinajstić information content (AvgIpc) is 2.01. The maximum Gasteiger partial charge on any atom is 0.0643 e. The molecule has 3 heteroatoms. The molecule has 2 nitrogen and oxygen atoms in total. The largest absolute Gasteiger partial charge is 0.326 e. The third kappa shape index (κ3) is 2.42. The van der Waals surface area contributed by atoms with Gasteiger partial charge in [-0.1, -0.05) is 32.4 Å². The minimum absolute atomic E-state index is 0.00971. The fourth-order valence-corrected chi connectivity index (χ4v) is 1.61. The Morgan fingerprint density at radius 2 is 2.08 bits per heavy atom. The van der Waals surface area contributed by atoms with Crippen molar-refractivity contribution in [3.8, 4) is 0 Å². The van der Waals surface area contributed by atoms with Gasteiger partial charge >= 0.3 is 0 Å². The standard InChI is InChI=1S/C10H15ClN2/c1-10(2,3)9-8(11)4-7(5-12)6-13-9/h4,6H,5,12H2,1-3H3. The molecule has 1 aromatic heterocycles. The zero-order valence-corrected chi connectivity index (χ0v) is 9.02. The molecule has 1 heterocycles. The summed E-state index contributed by atoms with van der Waals surface area (Å²) in [5.41, 5.74) is 7.36. The van der Waals surface area contributed by atoms with Gasteiger partial charge in [0, 0.05) is 18.2 Å². The van der Waals surface area contributed by atoms with Crippen LogP contribution in [0.4, 0.5) is 0 Å². The Labute approximate surface area is 84.1 Å². The van der Waals surface area contributed by atoms with Crippen LogP contribution in [0, 0.1) is 0 Å². The molecule has 0 aromatic carbocycles. The number of hydrogen-bond acceptors (Lipinski definition) is 2. The number of nitrogens with zero attached hydrogens (tertiary/aromatic N) is 1. The number of nitrogens with two attached hydrogens (primary N) is 1. The SMILES string of the molecule is CC(C)(C)c1ncc(CN)cc1Cl. The van der Waals surface area contributed by atoms with Gasteiger partial charge in [-0.2, -0.15) is 0 Å². The highest BCUT2D eigenvalue weighted by Gasteiger charge is 2.18. The van der Waals surface area contributed by atoms with Gasteiger partial charge in [0.05, 0.1) is 10.7 Å². The summed E-state index contributed by atoms with van der Waals surface area (Å²) in [5, 5.41) is 0.704. The van der Waals surface area contributed by atoms with Crippen LogP contribution in [-0.2, 0) is 12.0 Å². The molecule has 0 spiro atoms. The van der Waals surface area contributed by atoms with Crippen LogP contribution < -0.4 is 5.73 Å². The Hall–Kier alpha value is -0.600. The van der Waals surface area contributed by atoms with E-state index >= 15 is 0 Å². The van der Waals surface area contributed by atoms with Gasteiger partial charge in [-0.3, -0.25) is 4.98 Å². The van der Waals surface area contributed by atoms with E-state index in [9.17, 15) is 0 Å². The van der Waals surface area contributed by atoms with Crippen LogP contribution in [0.2, 0.25) is 5.02 Å². The highest BCUT2D eigenvalue weighted by molar-refractivity contribution is 6.31. The van der Waals surface area contributed by atoms with Crippen molar-refractivity contribution in [2.75, 3.05) is 0 Å². The smallest absolute Gasteiger partial charge is 0.0643 e. The second-order valence-electron chi connectivity index (χ2n) is 4.13. The molecule has 1 rings (SSSR count). The molecule has 13 heavy (non-hydrogen) atoms. The third-order valence-corrected chi connectivity index (χ3v) is 2.13. The minimum atomic E-state index is -0.00971. The number of halogens is 1. The highest BCUT2D eigenvalue weighted by Crippen LogP contribution is 2.27. The van der Waals surface area contributed by atoms with Crippen molar-refractivity contribution in [1.82, 2.24) is 4.98 Å². The quantitative estimate of drug-likeness (QED) is 0.753. The molecule has 0 bridgehead atoms. The van der Waals surface area contributed by atoms with Gasteiger partial charge in [0.2, 0.25) is 0 Å². The number of aromatic nitrogens is 1. The van der Waals surface area contributed by atoms with Crippen molar-refractivity contribution >= 4 is 11.6 Å². The molecule has 0 radical (unpaired) electrons. The van der Waals surface area contributed by atoms with E-state index < -0.39 is 0 Å². The van der Waals surface area contributed by atoms with E-state index in [0.29, 0.717) is 11.6 Å². The maximum atomic E-state index is 6.07. The topological polar surface area (TPSA) is 38.9 Å².